The van der Waals surface area contributed by atoms with Gasteiger partial charge in [-0.15, -0.1) is 0 Å². The highest BCUT2D eigenvalue weighted by atomic mass is 16.7. The zero-order valence-corrected chi connectivity index (χ0v) is 14.7. The Bertz CT molecular complexity index is 528. The van der Waals surface area contributed by atoms with Gasteiger partial charge in [-0.1, -0.05) is 17.7 Å². The lowest BCUT2D eigenvalue weighted by molar-refractivity contribution is -0.172. The SMILES string of the molecule is CCOCC(c1ccc(C)cc1C(=O)OCC)C(OC=O)OCC. The van der Waals surface area contributed by atoms with Crippen LogP contribution >= 0.6 is 0 Å². The number of hydrogen-bond acceptors (Lipinski definition) is 6. The van der Waals surface area contributed by atoms with Crippen LogP contribution in [0.3, 0.4) is 0 Å². The van der Waals surface area contributed by atoms with Crippen molar-refractivity contribution in [1.82, 2.24) is 0 Å². The lowest BCUT2D eigenvalue weighted by Gasteiger charge is -2.27. The molecule has 0 amide bonds. The summed E-state index contributed by atoms with van der Waals surface area (Å²) in [7, 11) is 0. The van der Waals surface area contributed by atoms with Crippen molar-refractivity contribution in [1.29, 1.82) is 0 Å². The van der Waals surface area contributed by atoms with Gasteiger partial charge in [0.1, 0.15) is 0 Å². The van der Waals surface area contributed by atoms with Gasteiger partial charge in [0.15, 0.2) is 0 Å². The van der Waals surface area contributed by atoms with E-state index in [0.717, 1.165) is 5.56 Å². The van der Waals surface area contributed by atoms with Gasteiger partial charge >= 0.3 is 5.97 Å². The van der Waals surface area contributed by atoms with E-state index in [2.05, 4.69) is 0 Å². The smallest absolute Gasteiger partial charge is 0.338 e. The van der Waals surface area contributed by atoms with E-state index in [0.29, 0.717) is 30.8 Å². The van der Waals surface area contributed by atoms with Crippen LogP contribution in [0, 0.1) is 6.92 Å². The molecule has 0 aliphatic rings. The van der Waals surface area contributed by atoms with Gasteiger partial charge in [0.25, 0.3) is 6.47 Å². The summed E-state index contributed by atoms with van der Waals surface area (Å²) in [6.07, 6.45) is -0.838. The predicted octanol–water partition coefficient (Wildman–Crippen LogP) is 2.83. The van der Waals surface area contributed by atoms with Crippen LogP contribution in [0.25, 0.3) is 0 Å². The molecule has 24 heavy (non-hydrogen) atoms. The van der Waals surface area contributed by atoms with E-state index in [1.54, 1.807) is 19.9 Å². The third kappa shape index (κ3) is 5.62. The highest BCUT2D eigenvalue weighted by Gasteiger charge is 2.30. The Hall–Kier alpha value is -1.92. The highest BCUT2D eigenvalue weighted by Crippen LogP contribution is 2.28. The quantitative estimate of drug-likeness (QED) is 0.351. The molecule has 0 aromatic heterocycles. The third-order valence-corrected chi connectivity index (χ3v) is 3.45. The number of carbonyl (C=O) groups excluding carboxylic acids is 2. The van der Waals surface area contributed by atoms with E-state index >= 15 is 0 Å². The maximum Gasteiger partial charge on any atom is 0.338 e. The van der Waals surface area contributed by atoms with Gasteiger partial charge in [-0.2, -0.15) is 0 Å². The Morgan fingerprint density at radius 2 is 1.92 bits per heavy atom. The van der Waals surface area contributed by atoms with Crippen LogP contribution in [0.15, 0.2) is 18.2 Å². The summed E-state index contributed by atoms with van der Waals surface area (Å²) in [5.41, 5.74) is 2.04. The van der Waals surface area contributed by atoms with Gasteiger partial charge in [-0.3, -0.25) is 4.79 Å². The third-order valence-electron chi connectivity index (χ3n) is 3.45. The second kappa shape index (κ2) is 10.8. The summed E-state index contributed by atoms with van der Waals surface area (Å²) in [6, 6.07) is 5.47. The van der Waals surface area contributed by atoms with Gasteiger partial charge in [0.2, 0.25) is 6.29 Å². The summed E-state index contributed by atoms with van der Waals surface area (Å²) in [5.74, 6) is -0.853. The van der Waals surface area contributed by atoms with Crippen molar-refractivity contribution in [2.45, 2.75) is 39.9 Å². The number of hydrogen-bond donors (Lipinski definition) is 0. The summed E-state index contributed by atoms with van der Waals surface area (Å²) < 4.78 is 21.3. The van der Waals surface area contributed by atoms with Crippen molar-refractivity contribution in [3.63, 3.8) is 0 Å². The number of aryl methyl sites for hydroxylation is 1. The molecule has 0 heterocycles. The summed E-state index contributed by atoms with van der Waals surface area (Å²) in [5, 5.41) is 0. The standard InChI is InChI=1S/C18H26O6/c1-5-21-11-16(18(23-7-3)24-12-19)14-9-8-13(4)10-15(14)17(20)22-6-2/h8-10,12,16,18H,5-7,11H2,1-4H3. The number of ether oxygens (including phenoxy) is 4. The molecule has 1 aromatic rings. The highest BCUT2D eigenvalue weighted by molar-refractivity contribution is 5.91. The fourth-order valence-electron chi connectivity index (χ4n) is 2.41. The van der Waals surface area contributed by atoms with Crippen molar-refractivity contribution in [2.75, 3.05) is 26.4 Å². The Kier molecular flexibility index (Phi) is 9.04. The molecule has 134 valence electrons. The fraction of sp³-hybridized carbons (Fsp3) is 0.556. The molecule has 0 saturated heterocycles. The van der Waals surface area contributed by atoms with Crippen molar-refractivity contribution in [3.05, 3.63) is 34.9 Å². The molecule has 1 rings (SSSR count). The van der Waals surface area contributed by atoms with E-state index in [9.17, 15) is 9.59 Å². The molecular weight excluding hydrogens is 312 g/mol. The minimum atomic E-state index is -0.838. The second-order valence-corrected chi connectivity index (χ2v) is 5.13. The monoisotopic (exact) mass is 338 g/mol. The van der Waals surface area contributed by atoms with Gasteiger partial charge in [-0.05, 0) is 39.3 Å². The predicted molar refractivity (Wildman–Crippen MR) is 88.9 cm³/mol. The number of carbonyl (C=O) groups is 2. The van der Waals surface area contributed by atoms with Crippen LogP contribution in [0.2, 0.25) is 0 Å². The lowest BCUT2D eigenvalue weighted by atomic mass is 9.92. The molecule has 6 nitrogen and oxygen atoms in total. The molecular formula is C18H26O6. The molecule has 6 heteroatoms. The molecule has 1 aromatic carbocycles. The Balaban J connectivity index is 3.29. The van der Waals surface area contributed by atoms with E-state index in [1.807, 2.05) is 26.0 Å². The van der Waals surface area contributed by atoms with Crippen LogP contribution in [0.5, 0.6) is 0 Å². The fourth-order valence-corrected chi connectivity index (χ4v) is 2.41. The van der Waals surface area contributed by atoms with Crippen molar-refractivity contribution in [3.8, 4) is 0 Å². The Morgan fingerprint density at radius 1 is 1.17 bits per heavy atom. The molecule has 2 atom stereocenters. The average Bonchev–Trinajstić information content (AvgIpc) is 2.56. The van der Waals surface area contributed by atoms with E-state index in [-0.39, 0.29) is 13.2 Å². The van der Waals surface area contributed by atoms with E-state index < -0.39 is 18.2 Å². The minimum absolute atomic E-state index is 0.254. The maximum atomic E-state index is 12.3. The van der Waals surface area contributed by atoms with Gasteiger partial charge in [-0.25, -0.2) is 4.79 Å². The lowest BCUT2D eigenvalue weighted by Crippen LogP contribution is -2.30. The van der Waals surface area contributed by atoms with E-state index in [4.69, 9.17) is 18.9 Å². The molecule has 0 radical (unpaired) electrons. The number of rotatable bonds is 11. The zero-order chi connectivity index (χ0) is 17.9. The van der Waals surface area contributed by atoms with Crippen LogP contribution in [-0.4, -0.2) is 45.2 Å². The number of esters is 1. The zero-order valence-electron chi connectivity index (χ0n) is 14.7. The average molecular weight is 338 g/mol. The molecule has 0 aliphatic heterocycles. The summed E-state index contributed by atoms with van der Waals surface area (Å²) in [6.45, 7) is 9.06. The van der Waals surface area contributed by atoms with Crippen LogP contribution in [0.1, 0.15) is 48.2 Å². The topological polar surface area (TPSA) is 71.1 Å². The van der Waals surface area contributed by atoms with Crippen LogP contribution in [0.4, 0.5) is 0 Å². The van der Waals surface area contributed by atoms with Gasteiger partial charge in [0, 0.05) is 13.2 Å². The first-order valence-electron chi connectivity index (χ1n) is 8.15. The number of benzene rings is 1. The van der Waals surface area contributed by atoms with Crippen LogP contribution < -0.4 is 0 Å². The molecule has 0 saturated carbocycles. The van der Waals surface area contributed by atoms with Crippen LogP contribution in [-0.2, 0) is 23.7 Å². The molecule has 2 unspecified atom stereocenters. The van der Waals surface area contributed by atoms with Crippen molar-refractivity contribution >= 4 is 12.4 Å². The molecule has 0 bridgehead atoms. The first kappa shape index (κ1) is 20.1. The second-order valence-electron chi connectivity index (χ2n) is 5.13. The maximum absolute atomic E-state index is 12.3. The normalized spacial score (nSPS) is 13.2. The van der Waals surface area contributed by atoms with Crippen molar-refractivity contribution < 1.29 is 28.5 Å². The molecule has 0 spiro atoms. The first-order valence-corrected chi connectivity index (χ1v) is 8.15. The molecule has 0 N–H and O–H groups in total. The Labute approximate surface area is 143 Å². The Morgan fingerprint density at radius 3 is 2.50 bits per heavy atom. The summed E-state index contributed by atoms with van der Waals surface area (Å²) in [4.78, 5) is 23.2. The van der Waals surface area contributed by atoms with Crippen molar-refractivity contribution in [2.24, 2.45) is 0 Å². The van der Waals surface area contributed by atoms with E-state index in [1.165, 1.54) is 0 Å². The largest absolute Gasteiger partial charge is 0.462 e. The first-order chi connectivity index (χ1) is 11.6. The molecule has 0 fully saturated rings. The minimum Gasteiger partial charge on any atom is -0.462 e. The van der Waals surface area contributed by atoms with Gasteiger partial charge in [0.05, 0.1) is 24.7 Å². The van der Waals surface area contributed by atoms with Gasteiger partial charge < -0.3 is 18.9 Å². The molecule has 0 aliphatic carbocycles. The summed E-state index contributed by atoms with van der Waals surface area (Å²) >= 11 is 0.